The van der Waals surface area contributed by atoms with E-state index in [1.807, 2.05) is 24.3 Å². The zero-order valence-electron chi connectivity index (χ0n) is 14.6. The quantitative estimate of drug-likeness (QED) is 0.586. The molecule has 1 aliphatic heterocycles. The maximum absolute atomic E-state index is 12.6. The average molecular weight is 393 g/mol. The van der Waals surface area contributed by atoms with E-state index in [9.17, 15) is 19.5 Å². The van der Waals surface area contributed by atoms with Crippen molar-refractivity contribution in [2.75, 3.05) is 0 Å². The number of benzene rings is 1. The van der Waals surface area contributed by atoms with Gasteiger partial charge in [0, 0.05) is 0 Å². The third kappa shape index (κ3) is 4.50. The first kappa shape index (κ1) is 20.1. The van der Waals surface area contributed by atoms with Crippen LogP contribution in [0.4, 0.5) is 0 Å². The highest BCUT2D eigenvalue weighted by Crippen LogP contribution is 2.35. The molecule has 0 spiro atoms. The number of carboxylic acid groups (broad SMARTS) is 2. The molecule has 1 heterocycles. The molecule has 0 saturated carbocycles. The lowest BCUT2D eigenvalue weighted by Gasteiger charge is -2.21. The van der Waals surface area contributed by atoms with Gasteiger partial charge in [0.05, 0.1) is 11.3 Å². The number of nitrogens with zero attached hydrogens (tertiary/aromatic N) is 1. The van der Waals surface area contributed by atoms with E-state index < -0.39 is 30.3 Å². The number of amides is 1. The van der Waals surface area contributed by atoms with Crippen LogP contribution in [0.15, 0.2) is 29.2 Å². The van der Waals surface area contributed by atoms with Crippen LogP contribution in [-0.2, 0) is 19.8 Å². The van der Waals surface area contributed by atoms with Gasteiger partial charge in [-0.25, -0.2) is 4.79 Å². The monoisotopic (exact) mass is 393 g/mol. The largest absolute Gasteiger partial charge is 0.481 e. The maximum atomic E-state index is 12.6. The minimum Gasteiger partial charge on any atom is -0.481 e. The second-order valence-electron chi connectivity index (χ2n) is 6.88. The molecule has 8 heteroatoms. The van der Waals surface area contributed by atoms with Gasteiger partial charge in [0.2, 0.25) is 0 Å². The van der Waals surface area contributed by atoms with E-state index in [1.54, 1.807) is 6.08 Å². The lowest BCUT2D eigenvalue weighted by atomic mass is 9.87. The summed E-state index contributed by atoms with van der Waals surface area (Å²) in [7, 11) is 0. The van der Waals surface area contributed by atoms with E-state index in [0.29, 0.717) is 0 Å². The number of thiocarbonyl (C=S) groups is 1. The summed E-state index contributed by atoms with van der Waals surface area (Å²) in [5.74, 6) is -3.30. The van der Waals surface area contributed by atoms with Crippen LogP contribution in [0.25, 0.3) is 6.08 Å². The molecule has 1 aromatic rings. The van der Waals surface area contributed by atoms with Crippen molar-refractivity contribution in [1.82, 2.24) is 4.90 Å². The first-order valence-electron chi connectivity index (χ1n) is 7.83. The van der Waals surface area contributed by atoms with Crippen LogP contribution in [0.2, 0.25) is 0 Å². The van der Waals surface area contributed by atoms with E-state index in [2.05, 4.69) is 20.8 Å². The van der Waals surface area contributed by atoms with Crippen LogP contribution in [0.5, 0.6) is 0 Å². The van der Waals surface area contributed by atoms with Crippen LogP contribution < -0.4 is 0 Å². The van der Waals surface area contributed by atoms with E-state index in [0.717, 1.165) is 27.8 Å². The first-order valence-corrected chi connectivity index (χ1v) is 9.05. The van der Waals surface area contributed by atoms with Gasteiger partial charge in [0.15, 0.2) is 0 Å². The number of carboxylic acids is 2. The number of thioether (sulfide) groups is 1. The molecule has 1 atom stereocenters. The van der Waals surface area contributed by atoms with Gasteiger partial charge in [0.1, 0.15) is 10.4 Å². The molecule has 138 valence electrons. The molecular formula is C18H19NO5S2. The summed E-state index contributed by atoms with van der Waals surface area (Å²) in [6.45, 7) is 6.30. The van der Waals surface area contributed by atoms with E-state index >= 15 is 0 Å². The minimum atomic E-state index is -1.52. The van der Waals surface area contributed by atoms with Gasteiger partial charge in [-0.05, 0) is 22.6 Å². The fourth-order valence-corrected chi connectivity index (χ4v) is 3.79. The summed E-state index contributed by atoms with van der Waals surface area (Å²) in [6.07, 6.45) is 0.917. The Morgan fingerprint density at radius 2 is 1.81 bits per heavy atom. The molecule has 0 bridgehead atoms. The lowest BCUT2D eigenvalue weighted by molar-refractivity contribution is -0.150. The second kappa shape index (κ2) is 7.59. The summed E-state index contributed by atoms with van der Waals surface area (Å²) in [6, 6.07) is 6.17. The number of carbonyl (C=O) groups is 3. The molecule has 0 aromatic heterocycles. The fraction of sp³-hybridized carbons (Fsp3) is 0.333. The number of hydrogen-bond donors (Lipinski definition) is 2. The van der Waals surface area contributed by atoms with E-state index in [-0.39, 0.29) is 14.6 Å². The number of rotatable bonds is 5. The molecule has 1 aliphatic rings. The Bertz CT molecular complexity index is 793. The summed E-state index contributed by atoms with van der Waals surface area (Å²) < 4.78 is 0.0428. The number of hydrogen-bond acceptors (Lipinski definition) is 5. The lowest BCUT2D eigenvalue weighted by Crippen LogP contribution is -2.45. The SMILES string of the molecule is CC(C)(C)c1ccc(/C=C2\SC(=S)N(C(CC(=O)O)C(=O)O)C2=O)cc1. The molecule has 2 N–H and O–H groups in total. The highest BCUT2D eigenvalue weighted by molar-refractivity contribution is 8.26. The Kier molecular flexibility index (Phi) is 5.87. The minimum absolute atomic E-state index is 0.00745. The van der Waals surface area contributed by atoms with Crippen LogP contribution in [-0.4, -0.2) is 43.3 Å². The Morgan fingerprint density at radius 1 is 1.23 bits per heavy atom. The van der Waals surface area contributed by atoms with Crippen LogP contribution in [0.1, 0.15) is 38.3 Å². The Hall–Kier alpha value is -2.19. The topological polar surface area (TPSA) is 94.9 Å². The first-order chi connectivity index (χ1) is 12.0. The average Bonchev–Trinajstić information content (AvgIpc) is 2.78. The summed E-state index contributed by atoms with van der Waals surface area (Å²) in [5, 5.41) is 18.1. The second-order valence-corrected chi connectivity index (χ2v) is 8.55. The van der Waals surface area contributed by atoms with Gasteiger partial charge in [-0.15, -0.1) is 0 Å². The molecule has 26 heavy (non-hydrogen) atoms. The van der Waals surface area contributed by atoms with Crippen molar-refractivity contribution in [3.63, 3.8) is 0 Å². The molecule has 1 unspecified atom stereocenters. The van der Waals surface area contributed by atoms with Crippen molar-refractivity contribution in [2.45, 2.75) is 38.6 Å². The van der Waals surface area contributed by atoms with Gasteiger partial charge < -0.3 is 10.2 Å². The number of aliphatic carboxylic acids is 2. The Labute approximate surface area is 160 Å². The molecule has 0 aliphatic carbocycles. The molecule has 6 nitrogen and oxygen atoms in total. The molecule has 1 fully saturated rings. The van der Waals surface area contributed by atoms with Gasteiger partial charge >= 0.3 is 11.9 Å². The molecular weight excluding hydrogens is 374 g/mol. The van der Waals surface area contributed by atoms with Crippen molar-refractivity contribution in [1.29, 1.82) is 0 Å². The molecule has 1 aromatic carbocycles. The summed E-state index contributed by atoms with van der Waals surface area (Å²) in [4.78, 5) is 36.0. The van der Waals surface area contributed by atoms with Gasteiger partial charge in [-0.1, -0.05) is 69.0 Å². The van der Waals surface area contributed by atoms with Crippen LogP contribution in [0.3, 0.4) is 0 Å². The zero-order valence-corrected chi connectivity index (χ0v) is 16.2. The molecule has 2 rings (SSSR count). The third-order valence-corrected chi connectivity index (χ3v) is 5.19. The van der Waals surface area contributed by atoms with Crippen molar-refractivity contribution < 1.29 is 24.6 Å². The van der Waals surface area contributed by atoms with Gasteiger partial charge in [-0.2, -0.15) is 0 Å². The van der Waals surface area contributed by atoms with Crippen molar-refractivity contribution >= 4 is 52.2 Å². The van der Waals surface area contributed by atoms with Gasteiger partial charge in [-0.3, -0.25) is 14.5 Å². The smallest absolute Gasteiger partial charge is 0.327 e. The predicted octanol–water partition coefficient (Wildman–Crippen LogP) is 3.11. The van der Waals surface area contributed by atoms with Crippen molar-refractivity contribution in [2.24, 2.45) is 0 Å². The summed E-state index contributed by atoms with van der Waals surface area (Å²) >= 11 is 6.07. The third-order valence-electron chi connectivity index (χ3n) is 3.86. The van der Waals surface area contributed by atoms with Gasteiger partial charge in [0.25, 0.3) is 5.91 Å². The molecule has 0 radical (unpaired) electrons. The van der Waals surface area contributed by atoms with Crippen molar-refractivity contribution in [3.8, 4) is 0 Å². The Balaban J connectivity index is 2.28. The molecule has 1 amide bonds. The molecule has 1 saturated heterocycles. The van der Waals surface area contributed by atoms with Crippen LogP contribution in [0, 0.1) is 0 Å². The maximum Gasteiger partial charge on any atom is 0.327 e. The van der Waals surface area contributed by atoms with E-state index in [1.165, 1.54) is 0 Å². The highest BCUT2D eigenvalue weighted by Gasteiger charge is 2.41. The predicted molar refractivity (Wildman–Crippen MR) is 104 cm³/mol. The highest BCUT2D eigenvalue weighted by atomic mass is 32.2. The van der Waals surface area contributed by atoms with Crippen LogP contribution >= 0.6 is 24.0 Å². The fourth-order valence-electron chi connectivity index (χ4n) is 2.43. The normalized spacial score (nSPS) is 17.7. The number of carbonyl (C=O) groups excluding carboxylic acids is 1. The summed E-state index contributed by atoms with van der Waals surface area (Å²) in [5.41, 5.74) is 1.94. The standard InChI is InChI=1S/C18H19NO5S2/c1-18(2,3)11-6-4-10(5-7-11)8-13-15(22)19(17(25)26-13)12(16(23)24)9-14(20)21/h4-8,12H,9H2,1-3H3,(H,20,21)(H,23,24)/b13-8-. The van der Waals surface area contributed by atoms with E-state index in [4.69, 9.17) is 17.3 Å². The zero-order chi connectivity index (χ0) is 19.6. The Morgan fingerprint density at radius 3 is 2.27 bits per heavy atom. The van der Waals surface area contributed by atoms with Crippen molar-refractivity contribution in [3.05, 3.63) is 40.3 Å².